The maximum atomic E-state index is 15.0. The number of benzene rings is 4. The van der Waals surface area contributed by atoms with Crippen LogP contribution < -0.4 is 19.2 Å². The number of carbonyl (C=O) groups is 1. The highest BCUT2D eigenvalue weighted by Gasteiger charge is 2.57. The molecule has 4 aromatic carbocycles. The molecular weight excluding hydrogens is 524 g/mol. The van der Waals surface area contributed by atoms with Gasteiger partial charge in [-0.05, 0) is 66.3 Å². The summed E-state index contributed by atoms with van der Waals surface area (Å²) >= 11 is 0. The summed E-state index contributed by atoms with van der Waals surface area (Å²) in [4.78, 5) is 15.0. The van der Waals surface area contributed by atoms with Crippen LogP contribution in [-0.4, -0.2) is 32.8 Å². The predicted octanol–water partition coefficient (Wildman–Crippen LogP) is 7.55. The van der Waals surface area contributed by atoms with Gasteiger partial charge in [0.2, 0.25) is 5.75 Å². The molecule has 1 aliphatic heterocycles. The van der Waals surface area contributed by atoms with E-state index in [1.807, 2.05) is 96.0 Å². The van der Waals surface area contributed by atoms with E-state index in [4.69, 9.17) is 19.3 Å². The number of anilines is 1. The molecule has 1 spiro atoms. The Labute approximate surface area is 246 Å². The van der Waals surface area contributed by atoms with Crippen LogP contribution in [0, 0.1) is 5.41 Å². The zero-order valence-corrected chi connectivity index (χ0v) is 24.1. The second kappa shape index (κ2) is 11.6. The van der Waals surface area contributed by atoms with Gasteiger partial charge in [0.1, 0.15) is 5.41 Å². The summed E-state index contributed by atoms with van der Waals surface area (Å²) in [5.41, 5.74) is 4.38. The van der Waals surface area contributed by atoms with Crippen LogP contribution in [0.4, 0.5) is 5.69 Å². The predicted molar refractivity (Wildman–Crippen MR) is 167 cm³/mol. The molecule has 2 unspecified atom stereocenters. The van der Waals surface area contributed by atoms with Crippen LogP contribution in [0.1, 0.15) is 45.9 Å². The number of Topliss-reactive ketones (excluding diaryl/α,β-unsaturated/α-hetero) is 1. The Morgan fingerprint density at radius 3 is 2.12 bits per heavy atom. The van der Waals surface area contributed by atoms with Crippen LogP contribution in [0.25, 0.3) is 6.08 Å². The molecule has 1 aliphatic carbocycles. The molecule has 0 amide bonds. The third-order valence-electron chi connectivity index (χ3n) is 8.33. The van der Waals surface area contributed by atoms with Gasteiger partial charge in [-0.1, -0.05) is 78.9 Å². The number of rotatable bonds is 7. The number of aryl methyl sites for hydroxylation is 1. The van der Waals surface area contributed by atoms with Crippen molar-refractivity contribution in [2.75, 3.05) is 26.3 Å². The zero-order chi connectivity index (χ0) is 29.1. The summed E-state index contributed by atoms with van der Waals surface area (Å²) in [5.74, 6) is 1.64. The minimum absolute atomic E-state index is 0.0734. The maximum absolute atomic E-state index is 15.0. The van der Waals surface area contributed by atoms with Crippen molar-refractivity contribution in [1.29, 1.82) is 0 Å². The van der Waals surface area contributed by atoms with Gasteiger partial charge in [0.25, 0.3) is 0 Å². The molecule has 6 nitrogen and oxygen atoms in total. The van der Waals surface area contributed by atoms with Gasteiger partial charge in [-0.25, -0.2) is 0 Å². The molecule has 6 rings (SSSR count). The number of hydrogen-bond donors (Lipinski definition) is 0. The Hall–Kier alpha value is -4.84. The first-order chi connectivity index (χ1) is 20.6. The van der Waals surface area contributed by atoms with E-state index in [0.29, 0.717) is 23.7 Å². The monoisotopic (exact) mass is 558 g/mol. The lowest BCUT2D eigenvalue weighted by atomic mass is 9.66. The number of ether oxygens (including phenoxy) is 3. The van der Waals surface area contributed by atoms with Gasteiger partial charge in [0.05, 0.1) is 38.8 Å². The van der Waals surface area contributed by atoms with Crippen LogP contribution in [0.2, 0.25) is 0 Å². The van der Waals surface area contributed by atoms with Crippen LogP contribution >= 0.6 is 0 Å². The highest BCUT2D eigenvalue weighted by atomic mass is 16.5. The van der Waals surface area contributed by atoms with Gasteiger partial charge in [0, 0.05) is 5.56 Å². The van der Waals surface area contributed by atoms with E-state index in [9.17, 15) is 0 Å². The van der Waals surface area contributed by atoms with Gasteiger partial charge in [-0.15, -0.1) is 0 Å². The summed E-state index contributed by atoms with van der Waals surface area (Å²) in [7, 11) is 4.81. The first-order valence-electron chi connectivity index (χ1n) is 14.2. The van der Waals surface area contributed by atoms with E-state index in [1.54, 1.807) is 21.3 Å². The van der Waals surface area contributed by atoms with Crippen molar-refractivity contribution >= 4 is 23.3 Å². The third kappa shape index (κ3) is 4.63. The smallest absolute Gasteiger partial charge is 0.203 e. The summed E-state index contributed by atoms with van der Waals surface area (Å²) in [6.07, 6.45) is 6.36. The Balaban J connectivity index is 1.63. The minimum atomic E-state index is -0.974. The molecule has 4 aromatic rings. The fraction of sp³-hybridized carbons (Fsp3) is 0.222. The number of carbonyl (C=O) groups excluding carboxylic acids is 1. The van der Waals surface area contributed by atoms with Crippen LogP contribution in [-0.2, 0) is 6.42 Å². The Morgan fingerprint density at radius 2 is 1.45 bits per heavy atom. The molecule has 0 saturated heterocycles. The van der Waals surface area contributed by atoms with Crippen molar-refractivity contribution in [3.8, 4) is 17.2 Å². The molecule has 42 heavy (non-hydrogen) atoms. The van der Waals surface area contributed by atoms with Gasteiger partial charge in [-0.3, -0.25) is 9.80 Å². The number of hydrazone groups is 1. The summed E-state index contributed by atoms with van der Waals surface area (Å²) < 4.78 is 17.2. The Kier molecular flexibility index (Phi) is 7.53. The molecule has 2 atom stereocenters. The van der Waals surface area contributed by atoms with Crippen LogP contribution in [0.5, 0.6) is 17.2 Å². The highest BCUT2D eigenvalue weighted by Crippen LogP contribution is 2.55. The lowest BCUT2D eigenvalue weighted by Crippen LogP contribution is -2.43. The van der Waals surface area contributed by atoms with Gasteiger partial charge in [-0.2, -0.15) is 5.10 Å². The Bertz CT molecular complexity index is 1620. The average Bonchev–Trinajstić information content (AvgIpc) is 3.30. The first-order valence-corrected chi connectivity index (χ1v) is 14.2. The molecule has 6 heteroatoms. The van der Waals surface area contributed by atoms with Crippen molar-refractivity contribution < 1.29 is 19.0 Å². The van der Waals surface area contributed by atoms with Gasteiger partial charge < -0.3 is 14.2 Å². The number of hydrogen-bond acceptors (Lipinski definition) is 6. The molecule has 0 aromatic heterocycles. The molecule has 0 fully saturated rings. The summed E-state index contributed by atoms with van der Waals surface area (Å²) in [5, 5.41) is 7.25. The number of nitrogens with zero attached hydrogens (tertiary/aromatic N) is 2. The fourth-order valence-electron chi connectivity index (χ4n) is 6.38. The van der Waals surface area contributed by atoms with E-state index in [-0.39, 0.29) is 5.78 Å². The zero-order valence-electron chi connectivity index (χ0n) is 24.1. The van der Waals surface area contributed by atoms with E-state index in [2.05, 4.69) is 18.2 Å². The van der Waals surface area contributed by atoms with Crippen molar-refractivity contribution in [1.82, 2.24) is 0 Å². The number of para-hydroxylation sites is 1. The van der Waals surface area contributed by atoms with E-state index < -0.39 is 11.5 Å². The summed E-state index contributed by atoms with van der Waals surface area (Å²) in [6, 6.07) is 31.6. The number of ketones is 1. The van der Waals surface area contributed by atoms with E-state index >= 15 is 4.79 Å². The van der Waals surface area contributed by atoms with Crippen LogP contribution in [0.3, 0.4) is 0 Å². The largest absolute Gasteiger partial charge is 0.493 e. The third-order valence-corrected chi connectivity index (χ3v) is 8.33. The second-order valence-corrected chi connectivity index (χ2v) is 10.6. The number of allylic oxidation sites excluding steroid dienone is 1. The molecule has 0 N–H and O–H groups in total. The van der Waals surface area contributed by atoms with Crippen molar-refractivity contribution in [3.63, 3.8) is 0 Å². The number of fused-ring (bicyclic) bond motifs is 1. The maximum Gasteiger partial charge on any atom is 0.203 e. The van der Waals surface area contributed by atoms with E-state index in [1.165, 1.54) is 0 Å². The first kappa shape index (κ1) is 27.3. The lowest BCUT2D eigenvalue weighted by molar-refractivity contribution is 0.0843. The SMILES string of the molecule is COc1cc(C2N(c3ccccc3)N=C(/C=C/c3ccccc3)C23CCCc2ccccc2C3=O)cc(OC)c1OC. The van der Waals surface area contributed by atoms with Crippen molar-refractivity contribution in [2.24, 2.45) is 10.5 Å². The second-order valence-electron chi connectivity index (χ2n) is 10.6. The molecular formula is C36H34N2O4. The molecule has 0 radical (unpaired) electrons. The fourth-order valence-corrected chi connectivity index (χ4v) is 6.38. The minimum Gasteiger partial charge on any atom is -0.493 e. The normalized spacial score (nSPS) is 19.9. The van der Waals surface area contributed by atoms with E-state index in [0.717, 1.165) is 46.5 Å². The average molecular weight is 559 g/mol. The molecule has 0 saturated carbocycles. The van der Waals surface area contributed by atoms with Crippen molar-refractivity contribution in [2.45, 2.75) is 25.3 Å². The summed E-state index contributed by atoms with van der Waals surface area (Å²) in [6.45, 7) is 0. The lowest BCUT2D eigenvalue weighted by Gasteiger charge is -2.37. The number of methoxy groups -OCH3 is 3. The molecule has 1 heterocycles. The van der Waals surface area contributed by atoms with Crippen LogP contribution in [0.15, 0.2) is 108 Å². The standard InChI is InChI=1S/C36H34N2O4/c1-40-30-23-27(24-31(41-2)33(30)42-3)34-36(22-12-16-26-15-10-11-19-29(26)35(36)39)32(21-20-25-13-6-4-7-14-25)37-38(34)28-17-8-5-9-18-28/h4-11,13-15,17-21,23-24,34H,12,16,22H2,1-3H3/b21-20+. The Morgan fingerprint density at radius 1 is 0.810 bits per heavy atom. The van der Waals surface area contributed by atoms with Gasteiger partial charge >= 0.3 is 0 Å². The highest BCUT2D eigenvalue weighted by molar-refractivity contribution is 6.23. The quantitative estimate of drug-likeness (QED) is 0.234. The molecule has 2 aliphatic rings. The molecule has 212 valence electrons. The van der Waals surface area contributed by atoms with Gasteiger partial charge in [0.15, 0.2) is 17.3 Å². The van der Waals surface area contributed by atoms with Crippen molar-refractivity contribution in [3.05, 3.63) is 125 Å². The topological polar surface area (TPSA) is 60.4 Å². The molecule has 0 bridgehead atoms.